The van der Waals surface area contributed by atoms with Gasteiger partial charge in [-0.15, -0.1) is 0 Å². The summed E-state index contributed by atoms with van der Waals surface area (Å²) < 4.78 is 0. The van der Waals surface area contributed by atoms with Crippen molar-refractivity contribution in [2.45, 2.75) is 20.3 Å². The number of Topliss-reactive ketones (excluding diaryl/α,β-unsaturated/α-hetero) is 1. The molecule has 0 saturated carbocycles. The van der Waals surface area contributed by atoms with Gasteiger partial charge in [-0.2, -0.15) is 0 Å². The molecule has 1 amide bonds. The van der Waals surface area contributed by atoms with Crippen molar-refractivity contribution in [1.29, 1.82) is 5.41 Å². The Labute approximate surface area is 202 Å². The van der Waals surface area contributed by atoms with Gasteiger partial charge in [0.2, 0.25) is 0 Å². The maximum Gasteiger partial charge on any atom is 0.355 e. The van der Waals surface area contributed by atoms with Gasteiger partial charge >= 0.3 is 5.97 Å². The number of amides is 1. The molecular weight excluding hydrogens is 448 g/mol. The number of phenols is 1. The molecule has 3 rings (SSSR count). The molecule has 0 spiro atoms. The van der Waals surface area contributed by atoms with Crippen molar-refractivity contribution in [2.24, 2.45) is 11.7 Å². The number of nitrogen functional groups attached to an aromatic ring is 1. The van der Waals surface area contributed by atoms with Gasteiger partial charge in [0.1, 0.15) is 17.3 Å². The van der Waals surface area contributed by atoms with Crippen molar-refractivity contribution in [3.63, 3.8) is 0 Å². The molecule has 3 aromatic rings. The Morgan fingerprint density at radius 1 is 1.03 bits per heavy atom. The van der Waals surface area contributed by atoms with E-state index in [0.29, 0.717) is 17.7 Å². The Kier molecular flexibility index (Phi) is 7.60. The standard InChI is InChI=1S/C26H26N4O5/c1-14(2)13-29-25(33)21-10-9-19(23(30-21)26(34)35)18-8-7-17(31)12-20(18)22(32)11-15-3-5-16(6-4-15)24(27)28/h3-10,12,14,31H,11,13H2,1-2H3,(H3,27,28)(H,29,33)(H,34,35). The fourth-order valence-electron chi connectivity index (χ4n) is 3.43. The number of rotatable bonds is 9. The Morgan fingerprint density at radius 2 is 1.69 bits per heavy atom. The number of nitrogens with one attached hydrogen (secondary N) is 2. The van der Waals surface area contributed by atoms with Crippen LogP contribution in [0.1, 0.15) is 56.3 Å². The van der Waals surface area contributed by atoms with E-state index >= 15 is 0 Å². The molecule has 35 heavy (non-hydrogen) atoms. The number of carbonyl (C=O) groups excluding carboxylic acids is 2. The number of hydrogen-bond acceptors (Lipinski definition) is 6. The third-order valence-corrected chi connectivity index (χ3v) is 5.22. The zero-order chi connectivity index (χ0) is 25.7. The summed E-state index contributed by atoms with van der Waals surface area (Å²) in [5, 5.41) is 30.0. The van der Waals surface area contributed by atoms with Crippen LogP contribution < -0.4 is 11.1 Å². The van der Waals surface area contributed by atoms with Crippen LogP contribution in [0.2, 0.25) is 0 Å². The molecule has 0 saturated heterocycles. The highest BCUT2D eigenvalue weighted by atomic mass is 16.4. The molecule has 0 bridgehead atoms. The zero-order valence-electron chi connectivity index (χ0n) is 19.3. The van der Waals surface area contributed by atoms with Gasteiger partial charge in [-0.05, 0) is 47.4 Å². The van der Waals surface area contributed by atoms with Gasteiger partial charge in [0.15, 0.2) is 11.5 Å². The third kappa shape index (κ3) is 6.08. The lowest BCUT2D eigenvalue weighted by Gasteiger charge is -2.13. The van der Waals surface area contributed by atoms with Crippen LogP contribution in [0.25, 0.3) is 11.1 Å². The molecule has 180 valence electrons. The lowest BCUT2D eigenvalue weighted by molar-refractivity contribution is 0.0691. The van der Waals surface area contributed by atoms with Crippen molar-refractivity contribution in [1.82, 2.24) is 10.3 Å². The van der Waals surface area contributed by atoms with Crippen molar-refractivity contribution in [2.75, 3.05) is 6.54 Å². The van der Waals surface area contributed by atoms with E-state index < -0.39 is 11.9 Å². The quantitative estimate of drug-likeness (QED) is 0.180. The smallest absolute Gasteiger partial charge is 0.355 e. The number of nitrogens with zero attached hydrogens (tertiary/aromatic N) is 1. The number of aromatic nitrogens is 1. The lowest BCUT2D eigenvalue weighted by atomic mass is 9.92. The minimum absolute atomic E-state index is 0.0276. The zero-order valence-corrected chi connectivity index (χ0v) is 19.3. The highest BCUT2D eigenvalue weighted by molar-refractivity contribution is 6.06. The Morgan fingerprint density at radius 3 is 2.29 bits per heavy atom. The number of aromatic carboxylic acids is 1. The number of ketones is 1. The number of carboxylic acid groups (broad SMARTS) is 1. The molecule has 0 unspecified atom stereocenters. The average Bonchev–Trinajstić information content (AvgIpc) is 2.82. The van der Waals surface area contributed by atoms with E-state index in [-0.39, 0.29) is 57.8 Å². The fraction of sp³-hybridized carbons (Fsp3) is 0.192. The number of phenolic OH excluding ortho intramolecular Hbond substituents is 1. The predicted molar refractivity (Wildman–Crippen MR) is 131 cm³/mol. The van der Waals surface area contributed by atoms with E-state index in [2.05, 4.69) is 10.3 Å². The summed E-state index contributed by atoms with van der Waals surface area (Å²) in [4.78, 5) is 41.6. The summed E-state index contributed by atoms with van der Waals surface area (Å²) in [6.45, 7) is 4.27. The van der Waals surface area contributed by atoms with Crippen molar-refractivity contribution in [3.05, 3.63) is 82.7 Å². The minimum Gasteiger partial charge on any atom is -0.508 e. The third-order valence-electron chi connectivity index (χ3n) is 5.22. The largest absolute Gasteiger partial charge is 0.508 e. The number of carboxylic acids is 1. The first-order valence-corrected chi connectivity index (χ1v) is 10.9. The first-order chi connectivity index (χ1) is 16.6. The molecule has 0 aliphatic heterocycles. The molecule has 1 heterocycles. The molecular formula is C26H26N4O5. The normalized spacial score (nSPS) is 10.7. The number of hydrogen-bond donors (Lipinski definition) is 5. The van der Waals surface area contributed by atoms with Crippen molar-refractivity contribution in [3.8, 4) is 16.9 Å². The molecule has 0 fully saturated rings. The summed E-state index contributed by atoms with van der Waals surface area (Å²) in [7, 11) is 0. The topological polar surface area (TPSA) is 166 Å². The summed E-state index contributed by atoms with van der Waals surface area (Å²) in [5.74, 6) is -2.25. The van der Waals surface area contributed by atoms with Crippen LogP contribution in [-0.4, -0.2) is 45.2 Å². The monoisotopic (exact) mass is 474 g/mol. The SMILES string of the molecule is CC(C)CNC(=O)c1ccc(-c2ccc(O)cc2C(=O)Cc2ccc(C(=N)N)cc2)c(C(=O)O)n1. The molecule has 2 aromatic carbocycles. The van der Waals surface area contributed by atoms with Gasteiger partial charge in [0.25, 0.3) is 5.91 Å². The number of nitrogens with two attached hydrogens (primary N) is 1. The summed E-state index contributed by atoms with van der Waals surface area (Å²) in [5.41, 5.74) is 6.74. The minimum atomic E-state index is -1.36. The van der Waals surface area contributed by atoms with Crippen LogP contribution in [0.3, 0.4) is 0 Å². The second kappa shape index (κ2) is 10.6. The number of benzene rings is 2. The van der Waals surface area contributed by atoms with E-state index in [9.17, 15) is 24.6 Å². The van der Waals surface area contributed by atoms with Gasteiger partial charge in [0.05, 0.1) is 0 Å². The fourth-order valence-corrected chi connectivity index (χ4v) is 3.43. The second-order valence-corrected chi connectivity index (χ2v) is 8.44. The van der Waals surface area contributed by atoms with Crippen molar-refractivity contribution < 1.29 is 24.6 Å². The van der Waals surface area contributed by atoms with E-state index in [1.165, 1.54) is 30.3 Å². The van der Waals surface area contributed by atoms with E-state index in [1.54, 1.807) is 24.3 Å². The van der Waals surface area contributed by atoms with Crippen LogP contribution in [0.4, 0.5) is 0 Å². The van der Waals surface area contributed by atoms with Gasteiger partial charge in [-0.1, -0.05) is 38.1 Å². The van der Waals surface area contributed by atoms with Gasteiger partial charge in [-0.3, -0.25) is 15.0 Å². The molecule has 9 nitrogen and oxygen atoms in total. The highest BCUT2D eigenvalue weighted by Gasteiger charge is 2.22. The predicted octanol–water partition coefficient (Wildman–Crippen LogP) is 3.25. The maximum atomic E-state index is 13.2. The van der Waals surface area contributed by atoms with Crippen LogP contribution in [0, 0.1) is 11.3 Å². The van der Waals surface area contributed by atoms with E-state index in [1.807, 2.05) is 13.8 Å². The number of carbonyl (C=O) groups is 3. The first kappa shape index (κ1) is 25.1. The maximum absolute atomic E-state index is 13.2. The Hall–Kier alpha value is -4.53. The van der Waals surface area contributed by atoms with E-state index in [4.69, 9.17) is 11.1 Å². The van der Waals surface area contributed by atoms with Gasteiger partial charge < -0.3 is 21.3 Å². The first-order valence-electron chi connectivity index (χ1n) is 10.9. The van der Waals surface area contributed by atoms with Crippen LogP contribution in [-0.2, 0) is 6.42 Å². The van der Waals surface area contributed by atoms with Crippen LogP contribution >= 0.6 is 0 Å². The second-order valence-electron chi connectivity index (χ2n) is 8.44. The lowest BCUT2D eigenvalue weighted by Crippen LogP contribution is -2.28. The Bertz CT molecular complexity index is 1300. The van der Waals surface area contributed by atoms with Crippen molar-refractivity contribution >= 4 is 23.5 Å². The highest BCUT2D eigenvalue weighted by Crippen LogP contribution is 2.30. The van der Waals surface area contributed by atoms with Crippen LogP contribution in [0.15, 0.2) is 54.6 Å². The number of amidine groups is 1. The van der Waals surface area contributed by atoms with Gasteiger partial charge in [-0.25, -0.2) is 9.78 Å². The Balaban J connectivity index is 1.99. The average molecular weight is 475 g/mol. The molecule has 0 aliphatic carbocycles. The summed E-state index contributed by atoms with van der Waals surface area (Å²) in [6.07, 6.45) is -0.0276. The van der Waals surface area contributed by atoms with Gasteiger partial charge in [0, 0.05) is 29.7 Å². The molecule has 6 N–H and O–H groups in total. The number of aromatic hydroxyl groups is 1. The molecule has 0 radical (unpaired) electrons. The molecule has 0 atom stereocenters. The molecule has 1 aromatic heterocycles. The van der Waals surface area contributed by atoms with Crippen LogP contribution in [0.5, 0.6) is 5.75 Å². The molecule has 0 aliphatic rings. The molecule has 9 heteroatoms. The summed E-state index contributed by atoms with van der Waals surface area (Å²) in [6, 6.07) is 13.5. The van der Waals surface area contributed by atoms with E-state index in [0.717, 1.165) is 0 Å². The number of pyridine rings is 1. The summed E-state index contributed by atoms with van der Waals surface area (Å²) >= 11 is 0.